The van der Waals surface area contributed by atoms with Gasteiger partial charge in [-0.1, -0.05) is 30.4 Å². The highest BCUT2D eigenvalue weighted by molar-refractivity contribution is 5.86. The Balaban J connectivity index is 2.37. The highest BCUT2D eigenvalue weighted by Crippen LogP contribution is 2.38. The van der Waals surface area contributed by atoms with Crippen LogP contribution in [-0.4, -0.2) is 29.7 Å². The minimum atomic E-state index is -0.894. The van der Waals surface area contributed by atoms with Crippen molar-refractivity contribution in [1.82, 2.24) is 0 Å². The number of hydrogen-bond donors (Lipinski definition) is 1. The van der Waals surface area contributed by atoms with Gasteiger partial charge >= 0.3 is 12.1 Å². The van der Waals surface area contributed by atoms with Crippen molar-refractivity contribution >= 4 is 23.4 Å². The molecule has 0 saturated carbocycles. The third-order valence-corrected chi connectivity index (χ3v) is 4.67. The number of benzene rings is 1. The fraction of sp³-hybridized carbons (Fsp3) is 0.429. The van der Waals surface area contributed by atoms with Crippen LogP contribution in [0.4, 0.5) is 16.2 Å². The number of nitrogens with one attached hydrogen (secondary N) is 1. The van der Waals surface area contributed by atoms with E-state index < -0.39 is 22.0 Å². The third-order valence-electron chi connectivity index (χ3n) is 4.67. The molecular weight excluding hydrogens is 376 g/mol. The summed E-state index contributed by atoms with van der Waals surface area (Å²) in [6, 6.07) is 4.24. The van der Waals surface area contributed by atoms with Crippen LogP contribution in [0.2, 0.25) is 0 Å². The molecule has 1 aromatic carbocycles. The van der Waals surface area contributed by atoms with Gasteiger partial charge in [0.15, 0.2) is 0 Å². The number of nitro groups is 1. The van der Waals surface area contributed by atoms with Gasteiger partial charge in [0.05, 0.1) is 23.1 Å². The Kier molecular flexibility index (Phi) is 6.46. The number of methoxy groups -OCH3 is 1. The van der Waals surface area contributed by atoms with Crippen molar-refractivity contribution in [2.24, 2.45) is 11.3 Å². The molecule has 0 heterocycles. The maximum Gasteiger partial charge on any atom is 0.412 e. The van der Waals surface area contributed by atoms with Crippen molar-refractivity contribution in [1.29, 1.82) is 0 Å². The summed E-state index contributed by atoms with van der Waals surface area (Å²) < 4.78 is 10.2. The lowest BCUT2D eigenvalue weighted by Crippen LogP contribution is -2.36. The predicted octanol–water partition coefficient (Wildman–Crippen LogP) is 4.41. The predicted molar refractivity (Wildman–Crippen MR) is 109 cm³/mol. The number of amides is 1. The van der Waals surface area contributed by atoms with Crippen molar-refractivity contribution in [3.05, 3.63) is 58.2 Å². The Hall–Kier alpha value is -3.16. The number of esters is 1. The van der Waals surface area contributed by atoms with E-state index in [9.17, 15) is 19.7 Å². The second kappa shape index (κ2) is 8.46. The van der Waals surface area contributed by atoms with E-state index in [1.54, 1.807) is 45.9 Å². The highest BCUT2D eigenvalue weighted by Gasteiger charge is 2.40. The summed E-state index contributed by atoms with van der Waals surface area (Å²) in [6.07, 6.45) is 6.92. The SMILES string of the molecule is COC(=O)C1(C)C=CC=CC1Cc1ccc([N+](=O)[O-])cc1NC(=O)OC(C)(C)C. The van der Waals surface area contributed by atoms with Crippen molar-refractivity contribution < 1.29 is 24.0 Å². The quantitative estimate of drug-likeness (QED) is 0.444. The van der Waals surface area contributed by atoms with Crippen molar-refractivity contribution in [2.75, 3.05) is 12.4 Å². The van der Waals surface area contributed by atoms with Gasteiger partial charge < -0.3 is 9.47 Å². The van der Waals surface area contributed by atoms with E-state index >= 15 is 0 Å². The Morgan fingerprint density at radius 3 is 2.55 bits per heavy atom. The zero-order chi connectivity index (χ0) is 21.8. The summed E-state index contributed by atoms with van der Waals surface area (Å²) in [7, 11) is 1.33. The molecule has 8 nitrogen and oxygen atoms in total. The molecule has 0 spiro atoms. The lowest BCUT2D eigenvalue weighted by Gasteiger charge is -2.33. The van der Waals surface area contributed by atoms with Crippen molar-refractivity contribution in [3.8, 4) is 0 Å². The molecule has 0 aromatic heterocycles. The molecule has 1 aliphatic carbocycles. The van der Waals surface area contributed by atoms with E-state index in [-0.39, 0.29) is 23.3 Å². The Morgan fingerprint density at radius 2 is 1.97 bits per heavy atom. The molecule has 0 bridgehead atoms. The van der Waals surface area contributed by atoms with Gasteiger partial charge in [0.1, 0.15) is 5.60 Å². The van der Waals surface area contributed by atoms with Crippen LogP contribution in [0.5, 0.6) is 0 Å². The first-order chi connectivity index (χ1) is 13.5. The van der Waals surface area contributed by atoms with Crippen LogP contribution >= 0.6 is 0 Å². The number of nitrogens with zero attached hydrogens (tertiary/aromatic N) is 1. The zero-order valence-electron chi connectivity index (χ0n) is 17.2. The molecule has 1 amide bonds. The van der Waals surface area contributed by atoms with Gasteiger partial charge in [-0.3, -0.25) is 20.2 Å². The molecule has 0 saturated heterocycles. The summed E-state index contributed by atoms with van der Waals surface area (Å²) in [5.74, 6) is -0.646. The van der Waals surface area contributed by atoms with Crippen LogP contribution in [0.1, 0.15) is 33.3 Å². The summed E-state index contributed by atoms with van der Waals surface area (Å²) in [5, 5.41) is 13.8. The molecular formula is C21H26N2O6. The van der Waals surface area contributed by atoms with E-state index in [0.717, 1.165) is 0 Å². The maximum absolute atomic E-state index is 12.4. The summed E-state index contributed by atoms with van der Waals surface area (Å²) in [6.45, 7) is 6.95. The lowest BCUT2D eigenvalue weighted by molar-refractivity contribution is -0.384. The Labute approximate surface area is 169 Å². The van der Waals surface area contributed by atoms with Gasteiger partial charge in [-0.15, -0.1) is 0 Å². The molecule has 0 fully saturated rings. The van der Waals surface area contributed by atoms with Crippen molar-refractivity contribution in [3.63, 3.8) is 0 Å². The lowest BCUT2D eigenvalue weighted by atomic mass is 9.71. The second-order valence-corrected chi connectivity index (χ2v) is 8.05. The Morgan fingerprint density at radius 1 is 1.28 bits per heavy atom. The molecule has 8 heteroatoms. The fourth-order valence-corrected chi connectivity index (χ4v) is 3.12. The number of hydrogen-bond acceptors (Lipinski definition) is 6. The van der Waals surface area contributed by atoms with Crippen LogP contribution in [0.25, 0.3) is 0 Å². The largest absolute Gasteiger partial charge is 0.468 e. The van der Waals surface area contributed by atoms with Gasteiger partial charge in [-0.25, -0.2) is 4.79 Å². The molecule has 1 N–H and O–H groups in total. The molecule has 0 aliphatic heterocycles. The average Bonchev–Trinajstić information content (AvgIpc) is 2.62. The van der Waals surface area contributed by atoms with Crippen LogP contribution in [-0.2, 0) is 20.7 Å². The van der Waals surface area contributed by atoms with Gasteiger partial charge in [-0.2, -0.15) is 0 Å². The Bertz CT molecular complexity index is 868. The maximum atomic E-state index is 12.4. The third kappa shape index (κ3) is 5.43. The molecule has 2 atom stereocenters. The van der Waals surface area contributed by atoms with E-state index in [4.69, 9.17) is 9.47 Å². The number of rotatable bonds is 5. The van der Waals surface area contributed by atoms with E-state index in [1.165, 1.54) is 19.2 Å². The van der Waals surface area contributed by atoms with Crippen LogP contribution in [0.3, 0.4) is 0 Å². The number of allylic oxidation sites excluding steroid dienone is 3. The minimum absolute atomic E-state index is 0.158. The van der Waals surface area contributed by atoms with E-state index in [0.29, 0.717) is 12.0 Å². The molecule has 0 radical (unpaired) electrons. The minimum Gasteiger partial charge on any atom is -0.468 e. The van der Waals surface area contributed by atoms with Crippen LogP contribution < -0.4 is 5.32 Å². The summed E-state index contributed by atoms with van der Waals surface area (Å²) >= 11 is 0. The molecule has 1 aromatic rings. The molecule has 29 heavy (non-hydrogen) atoms. The average molecular weight is 402 g/mol. The highest BCUT2D eigenvalue weighted by atomic mass is 16.6. The molecule has 2 rings (SSSR count). The van der Waals surface area contributed by atoms with Gasteiger partial charge in [0.25, 0.3) is 5.69 Å². The first kappa shape index (κ1) is 22.1. The molecule has 1 aliphatic rings. The van der Waals surface area contributed by atoms with Gasteiger partial charge in [-0.05, 0) is 39.7 Å². The van der Waals surface area contributed by atoms with Crippen LogP contribution in [0, 0.1) is 21.4 Å². The molecule has 156 valence electrons. The monoisotopic (exact) mass is 402 g/mol. The van der Waals surface area contributed by atoms with E-state index in [1.807, 2.05) is 12.2 Å². The number of ether oxygens (including phenoxy) is 2. The topological polar surface area (TPSA) is 108 Å². The summed E-state index contributed by atoms with van der Waals surface area (Å²) in [4.78, 5) is 35.2. The number of carbonyl (C=O) groups is 2. The number of nitro benzene ring substituents is 1. The van der Waals surface area contributed by atoms with Crippen molar-refractivity contribution in [2.45, 2.75) is 39.7 Å². The smallest absolute Gasteiger partial charge is 0.412 e. The van der Waals surface area contributed by atoms with Gasteiger partial charge in [0, 0.05) is 18.1 Å². The zero-order valence-corrected chi connectivity index (χ0v) is 17.2. The fourth-order valence-electron chi connectivity index (χ4n) is 3.12. The summed E-state index contributed by atoms with van der Waals surface area (Å²) in [5.41, 5.74) is -0.862. The number of carbonyl (C=O) groups excluding carboxylic acids is 2. The van der Waals surface area contributed by atoms with E-state index in [2.05, 4.69) is 5.32 Å². The normalized spacial score (nSPS) is 20.8. The second-order valence-electron chi connectivity index (χ2n) is 8.05. The first-order valence-corrected chi connectivity index (χ1v) is 9.18. The first-order valence-electron chi connectivity index (χ1n) is 9.18. The van der Waals surface area contributed by atoms with Gasteiger partial charge in [0.2, 0.25) is 0 Å². The van der Waals surface area contributed by atoms with Crippen LogP contribution in [0.15, 0.2) is 42.5 Å². The molecule has 2 unspecified atom stereocenters. The number of non-ortho nitro benzene ring substituents is 1. The number of anilines is 1. The standard InChI is InChI=1S/C21H26N2O6/c1-20(2,3)29-19(25)22-17-13-16(23(26)27)10-9-14(17)12-15-8-6-7-11-21(15,4)18(24)28-5/h6-11,13,15H,12H2,1-5H3,(H,22,25).